The first-order valence-electron chi connectivity index (χ1n) is 9.69. The lowest BCUT2D eigenvalue weighted by Gasteiger charge is -2.22. The van der Waals surface area contributed by atoms with Gasteiger partial charge in [-0.1, -0.05) is 18.2 Å². The van der Waals surface area contributed by atoms with E-state index in [1.807, 2.05) is 30.3 Å². The lowest BCUT2D eigenvalue weighted by molar-refractivity contribution is 0.281. The molecule has 2 rings (SSSR count). The fourth-order valence-electron chi connectivity index (χ4n) is 3.03. The van der Waals surface area contributed by atoms with E-state index in [0.29, 0.717) is 6.61 Å². The zero-order valence-corrected chi connectivity index (χ0v) is 18.7. The number of halogens is 1. The average Bonchev–Trinajstić information content (AvgIpc) is 3.15. The highest BCUT2D eigenvalue weighted by atomic mass is 127. The molecule has 5 nitrogen and oxygen atoms in total. The van der Waals surface area contributed by atoms with Gasteiger partial charge >= 0.3 is 0 Å². The Bertz CT molecular complexity index is 492. The Labute approximate surface area is 176 Å². The van der Waals surface area contributed by atoms with Crippen molar-refractivity contribution in [2.45, 2.75) is 32.6 Å². The Morgan fingerprint density at radius 1 is 1.19 bits per heavy atom. The van der Waals surface area contributed by atoms with Gasteiger partial charge in [-0.05, 0) is 64.4 Å². The van der Waals surface area contributed by atoms with Gasteiger partial charge in [-0.25, -0.2) is 0 Å². The molecule has 0 unspecified atom stereocenters. The fraction of sp³-hybridized carbons (Fsp3) is 0.650. The fourth-order valence-corrected chi connectivity index (χ4v) is 3.03. The number of aliphatic imine (C=N–C) groups is 1. The Morgan fingerprint density at radius 3 is 2.62 bits per heavy atom. The molecule has 1 aromatic rings. The van der Waals surface area contributed by atoms with Crippen LogP contribution in [0.15, 0.2) is 35.3 Å². The SMILES string of the molecule is CCNC(=NCCCCN1CCCC1)N(C)CCOc1ccccc1.I. The van der Waals surface area contributed by atoms with Crippen molar-refractivity contribution in [3.05, 3.63) is 30.3 Å². The number of rotatable bonds is 10. The van der Waals surface area contributed by atoms with Gasteiger partial charge in [0.25, 0.3) is 0 Å². The van der Waals surface area contributed by atoms with E-state index in [1.165, 1.54) is 38.9 Å². The molecule has 1 aliphatic heterocycles. The quantitative estimate of drug-likeness (QED) is 0.244. The monoisotopic (exact) mass is 474 g/mol. The van der Waals surface area contributed by atoms with E-state index >= 15 is 0 Å². The molecule has 1 saturated heterocycles. The van der Waals surface area contributed by atoms with E-state index in [1.54, 1.807) is 0 Å². The minimum Gasteiger partial charge on any atom is -0.492 e. The molecule has 0 aliphatic carbocycles. The summed E-state index contributed by atoms with van der Waals surface area (Å²) in [7, 11) is 2.07. The number of hydrogen-bond donors (Lipinski definition) is 1. The molecule has 1 aliphatic rings. The van der Waals surface area contributed by atoms with Crippen LogP contribution in [0.5, 0.6) is 5.75 Å². The van der Waals surface area contributed by atoms with Crippen molar-refractivity contribution in [2.75, 3.05) is 52.9 Å². The van der Waals surface area contributed by atoms with Crippen LogP contribution in [0.25, 0.3) is 0 Å². The van der Waals surface area contributed by atoms with Crippen molar-refractivity contribution in [1.82, 2.24) is 15.1 Å². The van der Waals surface area contributed by atoms with Gasteiger partial charge in [-0.2, -0.15) is 0 Å². The van der Waals surface area contributed by atoms with Crippen LogP contribution < -0.4 is 10.1 Å². The standard InChI is InChI=1S/C20H34N4O.HI/c1-3-21-20(22-13-7-8-14-24-15-9-10-16-24)23(2)17-18-25-19-11-5-4-6-12-19;/h4-6,11-12H,3,7-10,13-18H2,1-2H3,(H,21,22);1H. The van der Waals surface area contributed by atoms with E-state index in [4.69, 9.17) is 9.73 Å². The molecule has 1 N–H and O–H groups in total. The average molecular weight is 474 g/mol. The number of guanidine groups is 1. The summed E-state index contributed by atoms with van der Waals surface area (Å²) in [6.45, 7) is 9.15. The normalized spacial score (nSPS) is 14.8. The first kappa shape index (κ1) is 23.0. The second-order valence-corrected chi connectivity index (χ2v) is 6.57. The Kier molecular flexibility index (Phi) is 12.5. The van der Waals surface area contributed by atoms with Crippen molar-refractivity contribution in [3.63, 3.8) is 0 Å². The lowest BCUT2D eigenvalue weighted by Crippen LogP contribution is -2.41. The molecule has 148 valence electrons. The van der Waals surface area contributed by atoms with Crippen molar-refractivity contribution < 1.29 is 4.74 Å². The molecule has 0 saturated carbocycles. The highest BCUT2D eigenvalue weighted by molar-refractivity contribution is 14.0. The molecule has 6 heteroatoms. The minimum atomic E-state index is 0. The number of nitrogens with one attached hydrogen (secondary N) is 1. The van der Waals surface area contributed by atoms with E-state index in [0.717, 1.165) is 37.8 Å². The molecule has 1 aromatic carbocycles. The largest absolute Gasteiger partial charge is 0.492 e. The summed E-state index contributed by atoms with van der Waals surface area (Å²) in [4.78, 5) is 9.48. The van der Waals surface area contributed by atoms with Crippen LogP contribution in [0.2, 0.25) is 0 Å². The predicted octanol–water partition coefficient (Wildman–Crippen LogP) is 3.46. The second kappa shape index (κ2) is 14.1. The number of para-hydroxylation sites is 1. The molecule has 26 heavy (non-hydrogen) atoms. The molecule has 0 amide bonds. The third-order valence-electron chi connectivity index (χ3n) is 4.48. The van der Waals surface area contributed by atoms with Crippen molar-refractivity contribution in [1.29, 1.82) is 0 Å². The molecule has 0 radical (unpaired) electrons. The van der Waals surface area contributed by atoms with Gasteiger partial charge in [0.15, 0.2) is 5.96 Å². The lowest BCUT2D eigenvalue weighted by atomic mass is 10.3. The molecule has 1 fully saturated rings. The Morgan fingerprint density at radius 2 is 1.92 bits per heavy atom. The number of likely N-dealkylation sites (N-methyl/N-ethyl adjacent to an activating group) is 1. The van der Waals surface area contributed by atoms with Crippen LogP contribution >= 0.6 is 24.0 Å². The predicted molar refractivity (Wildman–Crippen MR) is 121 cm³/mol. The summed E-state index contributed by atoms with van der Waals surface area (Å²) < 4.78 is 5.77. The topological polar surface area (TPSA) is 40.1 Å². The van der Waals surface area contributed by atoms with Crippen LogP contribution in [0.3, 0.4) is 0 Å². The number of ether oxygens (including phenoxy) is 1. The van der Waals surface area contributed by atoms with Crippen molar-refractivity contribution in [2.24, 2.45) is 4.99 Å². The van der Waals surface area contributed by atoms with Crippen molar-refractivity contribution >= 4 is 29.9 Å². The molecule has 0 bridgehead atoms. The van der Waals surface area contributed by atoms with Gasteiger partial charge in [-0.15, -0.1) is 24.0 Å². The van der Waals surface area contributed by atoms with E-state index in [9.17, 15) is 0 Å². The van der Waals surface area contributed by atoms with E-state index < -0.39 is 0 Å². The third-order valence-corrected chi connectivity index (χ3v) is 4.48. The van der Waals surface area contributed by atoms with E-state index in [2.05, 4.69) is 29.1 Å². The first-order valence-corrected chi connectivity index (χ1v) is 9.69. The summed E-state index contributed by atoms with van der Waals surface area (Å²) in [5.41, 5.74) is 0. The van der Waals surface area contributed by atoms with E-state index in [-0.39, 0.29) is 24.0 Å². The van der Waals surface area contributed by atoms with Gasteiger partial charge in [0, 0.05) is 20.1 Å². The third kappa shape index (κ3) is 9.07. The molecule has 0 atom stereocenters. The maximum atomic E-state index is 5.77. The Balaban J connectivity index is 0.00000338. The van der Waals surface area contributed by atoms with Crippen LogP contribution in [0.1, 0.15) is 32.6 Å². The second-order valence-electron chi connectivity index (χ2n) is 6.57. The van der Waals surface area contributed by atoms with Crippen LogP contribution in [0.4, 0.5) is 0 Å². The number of nitrogens with zero attached hydrogens (tertiary/aromatic N) is 3. The summed E-state index contributed by atoms with van der Waals surface area (Å²) in [5.74, 6) is 1.89. The zero-order valence-electron chi connectivity index (χ0n) is 16.3. The maximum Gasteiger partial charge on any atom is 0.193 e. The smallest absolute Gasteiger partial charge is 0.193 e. The molecule has 0 aromatic heterocycles. The molecule has 0 spiro atoms. The summed E-state index contributed by atoms with van der Waals surface area (Å²) in [6.07, 6.45) is 5.14. The molecular weight excluding hydrogens is 439 g/mol. The van der Waals surface area contributed by atoms with Crippen LogP contribution in [-0.2, 0) is 0 Å². The minimum absolute atomic E-state index is 0. The molecular formula is C20H35IN4O. The maximum absolute atomic E-state index is 5.77. The number of benzene rings is 1. The number of likely N-dealkylation sites (tertiary alicyclic amines) is 1. The van der Waals surface area contributed by atoms with Crippen LogP contribution in [0, 0.1) is 0 Å². The highest BCUT2D eigenvalue weighted by Crippen LogP contribution is 2.09. The van der Waals surface area contributed by atoms with Crippen LogP contribution in [-0.4, -0.2) is 68.7 Å². The van der Waals surface area contributed by atoms with Crippen molar-refractivity contribution in [3.8, 4) is 5.75 Å². The van der Waals surface area contributed by atoms with Gasteiger partial charge in [0.1, 0.15) is 12.4 Å². The van der Waals surface area contributed by atoms with Gasteiger partial charge < -0.3 is 19.9 Å². The summed E-state index contributed by atoms with van der Waals surface area (Å²) >= 11 is 0. The summed E-state index contributed by atoms with van der Waals surface area (Å²) in [5, 5.41) is 3.37. The highest BCUT2D eigenvalue weighted by Gasteiger charge is 2.10. The summed E-state index contributed by atoms with van der Waals surface area (Å²) in [6, 6.07) is 9.96. The zero-order chi connectivity index (χ0) is 17.7. The Hall–Kier alpha value is -1.02. The van der Waals surface area contributed by atoms with Gasteiger partial charge in [0.05, 0.1) is 6.54 Å². The number of hydrogen-bond acceptors (Lipinski definition) is 3. The first-order chi connectivity index (χ1) is 12.3. The number of unbranched alkanes of at least 4 members (excludes halogenated alkanes) is 1. The van der Waals surface area contributed by atoms with Gasteiger partial charge in [0.2, 0.25) is 0 Å². The molecule has 1 heterocycles. The van der Waals surface area contributed by atoms with Gasteiger partial charge in [-0.3, -0.25) is 4.99 Å².